The van der Waals surface area contributed by atoms with Gasteiger partial charge < -0.3 is 5.32 Å². The molecule has 0 radical (unpaired) electrons. The van der Waals surface area contributed by atoms with Crippen molar-refractivity contribution in [2.75, 3.05) is 45.5 Å². The number of rotatable bonds is 4. The summed E-state index contributed by atoms with van der Waals surface area (Å²) in [5.41, 5.74) is 1.44. The van der Waals surface area contributed by atoms with Crippen LogP contribution in [-0.4, -0.2) is 61.4 Å². The second-order valence-electron chi connectivity index (χ2n) is 5.81. The fourth-order valence-corrected chi connectivity index (χ4v) is 3.64. The highest BCUT2D eigenvalue weighted by molar-refractivity contribution is 7.98. The first-order chi connectivity index (χ1) is 9.85. The van der Waals surface area contributed by atoms with E-state index in [0.29, 0.717) is 0 Å². The van der Waals surface area contributed by atoms with Crippen LogP contribution in [0.5, 0.6) is 0 Å². The van der Waals surface area contributed by atoms with E-state index in [1.807, 2.05) is 11.8 Å². The maximum absolute atomic E-state index is 3.47. The molecule has 1 atom stereocenters. The first-order valence-electron chi connectivity index (χ1n) is 7.65. The number of benzene rings is 1. The van der Waals surface area contributed by atoms with Gasteiger partial charge in [-0.15, -0.1) is 24.2 Å². The minimum Gasteiger partial charge on any atom is -0.315 e. The number of hydrogen-bond acceptors (Lipinski definition) is 4. The van der Waals surface area contributed by atoms with Gasteiger partial charge in [0.05, 0.1) is 0 Å². The Morgan fingerprint density at radius 2 is 1.86 bits per heavy atom. The Morgan fingerprint density at radius 3 is 2.43 bits per heavy atom. The summed E-state index contributed by atoms with van der Waals surface area (Å²) in [4.78, 5) is 6.62. The lowest BCUT2D eigenvalue weighted by Crippen LogP contribution is -2.50. The van der Waals surface area contributed by atoms with E-state index in [-0.39, 0.29) is 12.4 Å². The van der Waals surface area contributed by atoms with Gasteiger partial charge in [0, 0.05) is 50.2 Å². The van der Waals surface area contributed by atoms with Crippen molar-refractivity contribution in [3.05, 3.63) is 29.8 Å². The summed E-state index contributed by atoms with van der Waals surface area (Å²) < 4.78 is 0. The van der Waals surface area contributed by atoms with Crippen molar-refractivity contribution < 1.29 is 0 Å². The summed E-state index contributed by atoms with van der Waals surface area (Å²) in [5.74, 6) is 0. The molecule has 0 bridgehead atoms. The van der Waals surface area contributed by atoms with Crippen LogP contribution in [0.4, 0.5) is 0 Å². The summed E-state index contributed by atoms with van der Waals surface area (Å²) in [5, 5.41) is 3.47. The molecule has 1 aromatic carbocycles. The van der Waals surface area contributed by atoms with Crippen LogP contribution in [0, 0.1) is 0 Å². The van der Waals surface area contributed by atoms with Crippen molar-refractivity contribution in [3.63, 3.8) is 0 Å². The minimum atomic E-state index is 0. The lowest BCUT2D eigenvalue weighted by molar-refractivity contribution is 0.0981. The Bertz CT molecular complexity index is 412. The molecule has 0 aromatic heterocycles. The molecule has 1 aromatic rings. The predicted octanol–water partition coefficient (Wildman–Crippen LogP) is 2.31. The molecule has 21 heavy (non-hydrogen) atoms. The zero-order valence-corrected chi connectivity index (χ0v) is 14.4. The number of nitrogens with one attached hydrogen (secondary N) is 1. The summed E-state index contributed by atoms with van der Waals surface area (Å²) in [7, 11) is 0. The Morgan fingerprint density at radius 1 is 1.14 bits per heavy atom. The molecular formula is C16H26ClN3S. The molecule has 0 aliphatic carbocycles. The molecule has 0 amide bonds. The lowest BCUT2D eigenvalue weighted by atomic mass is 10.1. The highest BCUT2D eigenvalue weighted by atomic mass is 35.5. The summed E-state index contributed by atoms with van der Waals surface area (Å²) in [6.45, 7) is 8.38. The smallest absolute Gasteiger partial charge is 0.0234 e. The molecule has 0 saturated carbocycles. The average molecular weight is 328 g/mol. The topological polar surface area (TPSA) is 18.5 Å². The number of nitrogens with zero attached hydrogens (tertiary/aromatic N) is 2. The molecule has 3 rings (SSSR count). The largest absolute Gasteiger partial charge is 0.315 e. The molecule has 2 fully saturated rings. The summed E-state index contributed by atoms with van der Waals surface area (Å²) in [6, 6.07) is 9.82. The zero-order valence-electron chi connectivity index (χ0n) is 12.8. The summed E-state index contributed by atoms with van der Waals surface area (Å²) in [6.07, 6.45) is 3.46. The van der Waals surface area contributed by atoms with E-state index in [2.05, 4.69) is 45.6 Å². The molecule has 0 spiro atoms. The van der Waals surface area contributed by atoms with Gasteiger partial charge >= 0.3 is 0 Å². The molecule has 2 aliphatic heterocycles. The minimum absolute atomic E-state index is 0. The van der Waals surface area contributed by atoms with E-state index in [0.717, 1.165) is 12.6 Å². The Balaban J connectivity index is 0.00000161. The van der Waals surface area contributed by atoms with Crippen LogP contribution in [0.2, 0.25) is 0 Å². The lowest BCUT2D eigenvalue weighted by Gasteiger charge is -2.37. The number of piperazine rings is 1. The van der Waals surface area contributed by atoms with Crippen LogP contribution in [0.3, 0.4) is 0 Å². The fourth-order valence-electron chi connectivity index (χ4n) is 3.23. The quantitative estimate of drug-likeness (QED) is 0.855. The van der Waals surface area contributed by atoms with E-state index in [1.165, 1.54) is 56.1 Å². The molecule has 2 heterocycles. The van der Waals surface area contributed by atoms with Crippen LogP contribution in [0.25, 0.3) is 0 Å². The monoisotopic (exact) mass is 327 g/mol. The third-order valence-electron chi connectivity index (χ3n) is 4.52. The van der Waals surface area contributed by atoms with Crippen LogP contribution in [0.15, 0.2) is 29.2 Å². The van der Waals surface area contributed by atoms with Gasteiger partial charge in [-0.2, -0.15) is 0 Å². The molecule has 118 valence electrons. The molecular weight excluding hydrogens is 302 g/mol. The van der Waals surface area contributed by atoms with Crippen molar-refractivity contribution in [1.29, 1.82) is 0 Å². The van der Waals surface area contributed by atoms with Crippen LogP contribution >= 0.6 is 24.2 Å². The Hall–Kier alpha value is -0.260. The third-order valence-corrected chi connectivity index (χ3v) is 5.27. The SMILES string of the molecule is CSc1ccc(CN2CCN(C3CCNC3)CC2)cc1.Cl. The van der Waals surface area contributed by atoms with E-state index in [9.17, 15) is 0 Å². The molecule has 1 N–H and O–H groups in total. The predicted molar refractivity (Wildman–Crippen MR) is 93.6 cm³/mol. The van der Waals surface area contributed by atoms with E-state index < -0.39 is 0 Å². The van der Waals surface area contributed by atoms with Gasteiger partial charge in [-0.25, -0.2) is 0 Å². The fraction of sp³-hybridized carbons (Fsp3) is 0.625. The third kappa shape index (κ3) is 4.60. The Labute approximate surface area is 138 Å². The maximum atomic E-state index is 3.47. The first-order valence-corrected chi connectivity index (χ1v) is 8.87. The van der Waals surface area contributed by atoms with Crippen LogP contribution in [0.1, 0.15) is 12.0 Å². The zero-order chi connectivity index (χ0) is 13.8. The van der Waals surface area contributed by atoms with Gasteiger partial charge in [-0.05, 0) is 36.9 Å². The van der Waals surface area contributed by atoms with E-state index in [4.69, 9.17) is 0 Å². The van der Waals surface area contributed by atoms with Gasteiger partial charge in [-0.3, -0.25) is 9.80 Å². The molecule has 2 aliphatic rings. The molecule has 3 nitrogen and oxygen atoms in total. The Kier molecular flexibility index (Phi) is 6.83. The van der Waals surface area contributed by atoms with Gasteiger partial charge in [0.15, 0.2) is 0 Å². The van der Waals surface area contributed by atoms with E-state index >= 15 is 0 Å². The van der Waals surface area contributed by atoms with Crippen molar-refractivity contribution in [2.24, 2.45) is 0 Å². The van der Waals surface area contributed by atoms with Crippen molar-refractivity contribution in [3.8, 4) is 0 Å². The number of thioether (sulfide) groups is 1. The van der Waals surface area contributed by atoms with Gasteiger partial charge in [0.25, 0.3) is 0 Å². The second kappa shape index (κ2) is 8.39. The second-order valence-corrected chi connectivity index (χ2v) is 6.69. The van der Waals surface area contributed by atoms with Crippen molar-refractivity contribution in [2.45, 2.75) is 23.9 Å². The van der Waals surface area contributed by atoms with Gasteiger partial charge in [0.2, 0.25) is 0 Å². The number of halogens is 1. The normalized spacial score (nSPS) is 24.0. The molecule has 5 heteroatoms. The standard InChI is InChI=1S/C16H25N3S.ClH/c1-20-16-4-2-14(3-5-16)13-18-8-10-19(11-9-18)15-6-7-17-12-15;/h2-5,15,17H,6-13H2,1H3;1H. The highest BCUT2D eigenvalue weighted by Crippen LogP contribution is 2.17. The van der Waals surface area contributed by atoms with Crippen molar-refractivity contribution in [1.82, 2.24) is 15.1 Å². The van der Waals surface area contributed by atoms with Gasteiger partial charge in [-0.1, -0.05) is 12.1 Å². The highest BCUT2D eigenvalue weighted by Gasteiger charge is 2.25. The van der Waals surface area contributed by atoms with E-state index in [1.54, 1.807) is 0 Å². The van der Waals surface area contributed by atoms with Gasteiger partial charge in [0.1, 0.15) is 0 Å². The average Bonchev–Trinajstić information content (AvgIpc) is 3.03. The van der Waals surface area contributed by atoms with Crippen LogP contribution < -0.4 is 5.32 Å². The summed E-state index contributed by atoms with van der Waals surface area (Å²) >= 11 is 1.81. The molecule has 2 saturated heterocycles. The number of hydrogen-bond donors (Lipinski definition) is 1. The van der Waals surface area contributed by atoms with Crippen molar-refractivity contribution >= 4 is 24.2 Å². The molecule has 1 unspecified atom stereocenters. The first kappa shape index (κ1) is 17.1. The maximum Gasteiger partial charge on any atom is 0.0234 e. The van der Waals surface area contributed by atoms with Crippen LogP contribution in [-0.2, 0) is 6.54 Å².